The molecule has 2 heteroatoms. The minimum absolute atomic E-state index is 0.723. The number of unbranched alkanes of at least 4 members (excludes halogenated alkanes) is 3. The Kier molecular flexibility index (Phi) is 12.3. The molecule has 0 unspecified atom stereocenters. The summed E-state index contributed by atoms with van der Waals surface area (Å²) >= 11 is 0. The van der Waals surface area contributed by atoms with Gasteiger partial charge in [0.1, 0.15) is 11.5 Å². The van der Waals surface area contributed by atoms with E-state index in [1.807, 2.05) is 12.1 Å². The second kappa shape index (κ2) is 16.4. The van der Waals surface area contributed by atoms with E-state index in [-0.39, 0.29) is 0 Å². The summed E-state index contributed by atoms with van der Waals surface area (Å²) in [4.78, 5) is 0. The van der Waals surface area contributed by atoms with Gasteiger partial charge >= 0.3 is 0 Å². The largest absolute Gasteiger partial charge is 0.494 e. The molecular weight excluding hydrogens is 476 g/mol. The highest BCUT2D eigenvalue weighted by atomic mass is 16.5. The Morgan fingerprint density at radius 3 is 1.69 bits per heavy atom. The molecule has 0 radical (unpaired) electrons. The molecule has 0 amide bonds. The van der Waals surface area contributed by atoms with E-state index in [1.165, 1.54) is 92.9 Å². The molecule has 0 spiro atoms. The lowest BCUT2D eigenvalue weighted by atomic mass is 9.77. The second-order valence-corrected chi connectivity index (χ2v) is 11.7. The Morgan fingerprint density at radius 1 is 0.590 bits per heavy atom. The van der Waals surface area contributed by atoms with Gasteiger partial charge in [0.2, 0.25) is 0 Å². The van der Waals surface area contributed by atoms with Gasteiger partial charge in [-0.05, 0) is 124 Å². The summed E-state index contributed by atoms with van der Waals surface area (Å²) in [5.74, 6) is 3.59. The standard InChI is InChI=1S/C37H50O2/c1-3-4-9-31-14-16-32(17-15-31)10-5-6-11-33-18-20-34(21-19-33)35-22-26-37(27-23-35)39-29-8-7-28-38-36-24-12-30(2)13-25-36/h12-17,22-27,33-34H,3-11,18-21,28-29H2,1-2H3. The third kappa shape index (κ3) is 10.4. The van der Waals surface area contributed by atoms with Crippen molar-refractivity contribution in [3.63, 3.8) is 0 Å². The number of hydrogen-bond acceptors (Lipinski definition) is 2. The van der Waals surface area contributed by atoms with E-state index < -0.39 is 0 Å². The van der Waals surface area contributed by atoms with Gasteiger partial charge in [0, 0.05) is 0 Å². The van der Waals surface area contributed by atoms with E-state index in [2.05, 4.69) is 74.5 Å². The molecule has 3 aromatic rings. The number of hydrogen-bond donors (Lipinski definition) is 0. The van der Waals surface area contributed by atoms with E-state index in [9.17, 15) is 0 Å². The molecule has 3 aromatic carbocycles. The Balaban J connectivity index is 1.05. The van der Waals surface area contributed by atoms with Crippen LogP contribution in [0.2, 0.25) is 0 Å². The first-order valence-electron chi connectivity index (χ1n) is 15.7. The smallest absolute Gasteiger partial charge is 0.119 e. The van der Waals surface area contributed by atoms with Gasteiger partial charge in [-0.25, -0.2) is 0 Å². The predicted molar refractivity (Wildman–Crippen MR) is 165 cm³/mol. The summed E-state index contributed by atoms with van der Waals surface area (Å²) in [6.07, 6.45) is 16.6. The first-order chi connectivity index (χ1) is 19.2. The number of aryl methyl sites for hydroxylation is 3. The molecule has 0 aliphatic heterocycles. The van der Waals surface area contributed by atoms with Crippen molar-refractivity contribution in [3.05, 3.63) is 95.1 Å². The lowest BCUT2D eigenvalue weighted by Gasteiger charge is -2.29. The van der Waals surface area contributed by atoms with Gasteiger partial charge in [-0.3, -0.25) is 0 Å². The van der Waals surface area contributed by atoms with Crippen LogP contribution in [0.3, 0.4) is 0 Å². The molecule has 0 bridgehead atoms. The number of ether oxygens (including phenoxy) is 2. The molecule has 1 fully saturated rings. The van der Waals surface area contributed by atoms with Crippen LogP contribution in [0.5, 0.6) is 11.5 Å². The molecule has 0 heterocycles. The molecule has 210 valence electrons. The Hall–Kier alpha value is -2.74. The van der Waals surface area contributed by atoms with Gasteiger partial charge in [0.15, 0.2) is 0 Å². The highest BCUT2D eigenvalue weighted by molar-refractivity contribution is 5.30. The summed E-state index contributed by atoms with van der Waals surface area (Å²) in [7, 11) is 0. The Labute approximate surface area is 238 Å². The van der Waals surface area contributed by atoms with Crippen molar-refractivity contribution in [2.24, 2.45) is 5.92 Å². The molecule has 2 nitrogen and oxygen atoms in total. The van der Waals surface area contributed by atoms with E-state index in [0.717, 1.165) is 49.4 Å². The van der Waals surface area contributed by atoms with Crippen molar-refractivity contribution in [1.29, 1.82) is 0 Å². The van der Waals surface area contributed by atoms with Crippen molar-refractivity contribution in [2.75, 3.05) is 13.2 Å². The molecule has 0 atom stereocenters. The van der Waals surface area contributed by atoms with E-state index >= 15 is 0 Å². The van der Waals surface area contributed by atoms with Gasteiger partial charge in [0.05, 0.1) is 13.2 Å². The molecule has 1 aliphatic rings. The summed E-state index contributed by atoms with van der Waals surface area (Å²) in [5.41, 5.74) is 5.76. The lowest BCUT2D eigenvalue weighted by molar-refractivity contribution is 0.266. The van der Waals surface area contributed by atoms with Crippen LogP contribution in [-0.4, -0.2) is 13.2 Å². The average molecular weight is 527 g/mol. The summed E-state index contributed by atoms with van der Waals surface area (Å²) in [6.45, 7) is 5.84. The highest BCUT2D eigenvalue weighted by Gasteiger charge is 2.22. The third-order valence-electron chi connectivity index (χ3n) is 8.47. The zero-order valence-electron chi connectivity index (χ0n) is 24.5. The van der Waals surface area contributed by atoms with Gasteiger partial charge in [-0.1, -0.05) is 80.3 Å². The molecule has 0 saturated heterocycles. The third-order valence-corrected chi connectivity index (χ3v) is 8.47. The van der Waals surface area contributed by atoms with Crippen LogP contribution in [0.4, 0.5) is 0 Å². The van der Waals surface area contributed by atoms with Crippen LogP contribution in [0.15, 0.2) is 72.8 Å². The van der Waals surface area contributed by atoms with Crippen LogP contribution >= 0.6 is 0 Å². The maximum absolute atomic E-state index is 5.99. The first kappa shape index (κ1) is 29.2. The molecular formula is C37H50O2. The fourth-order valence-corrected chi connectivity index (χ4v) is 5.85. The van der Waals surface area contributed by atoms with Crippen LogP contribution in [0, 0.1) is 12.8 Å². The van der Waals surface area contributed by atoms with Crippen LogP contribution < -0.4 is 9.47 Å². The summed E-state index contributed by atoms with van der Waals surface area (Å²) < 4.78 is 11.8. The topological polar surface area (TPSA) is 18.5 Å². The van der Waals surface area contributed by atoms with Crippen molar-refractivity contribution < 1.29 is 9.47 Å². The maximum atomic E-state index is 5.99. The van der Waals surface area contributed by atoms with Gasteiger partial charge in [-0.15, -0.1) is 0 Å². The van der Waals surface area contributed by atoms with Gasteiger partial charge < -0.3 is 9.47 Å². The average Bonchev–Trinajstić information content (AvgIpc) is 2.98. The highest BCUT2D eigenvalue weighted by Crippen LogP contribution is 2.38. The quantitative estimate of drug-likeness (QED) is 0.173. The van der Waals surface area contributed by atoms with Crippen molar-refractivity contribution in [1.82, 2.24) is 0 Å². The van der Waals surface area contributed by atoms with E-state index in [0.29, 0.717) is 0 Å². The van der Waals surface area contributed by atoms with E-state index in [4.69, 9.17) is 9.47 Å². The minimum Gasteiger partial charge on any atom is -0.494 e. The number of rotatable bonds is 16. The van der Waals surface area contributed by atoms with Crippen molar-refractivity contribution >= 4 is 0 Å². The predicted octanol–water partition coefficient (Wildman–Crippen LogP) is 10.3. The van der Waals surface area contributed by atoms with Crippen molar-refractivity contribution in [2.45, 2.75) is 103 Å². The van der Waals surface area contributed by atoms with Crippen LogP contribution in [0.25, 0.3) is 0 Å². The Bertz CT molecular complexity index is 1040. The number of benzene rings is 3. The molecule has 0 N–H and O–H groups in total. The molecule has 0 aromatic heterocycles. The molecule has 39 heavy (non-hydrogen) atoms. The summed E-state index contributed by atoms with van der Waals surface area (Å²) in [5, 5.41) is 0. The zero-order chi connectivity index (χ0) is 27.1. The summed E-state index contributed by atoms with van der Waals surface area (Å²) in [6, 6.07) is 26.6. The SMILES string of the molecule is CCCCc1ccc(CCCCC2CCC(c3ccc(OCCCCOc4ccc(C)cc4)cc3)CC2)cc1. The fourth-order valence-electron chi connectivity index (χ4n) is 5.85. The normalized spacial score (nSPS) is 17.2. The molecule has 4 rings (SSSR count). The van der Waals surface area contributed by atoms with Crippen molar-refractivity contribution in [3.8, 4) is 11.5 Å². The Morgan fingerprint density at radius 2 is 1.13 bits per heavy atom. The monoisotopic (exact) mass is 526 g/mol. The second-order valence-electron chi connectivity index (χ2n) is 11.7. The molecule has 1 aliphatic carbocycles. The lowest BCUT2D eigenvalue weighted by Crippen LogP contribution is -2.13. The first-order valence-corrected chi connectivity index (χ1v) is 15.7. The van der Waals surface area contributed by atoms with Gasteiger partial charge in [0.25, 0.3) is 0 Å². The van der Waals surface area contributed by atoms with Gasteiger partial charge in [-0.2, -0.15) is 0 Å². The maximum Gasteiger partial charge on any atom is 0.119 e. The van der Waals surface area contributed by atoms with Crippen LogP contribution in [-0.2, 0) is 12.8 Å². The van der Waals surface area contributed by atoms with Crippen LogP contribution in [0.1, 0.15) is 106 Å². The zero-order valence-corrected chi connectivity index (χ0v) is 24.5. The van der Waals surface area contributed by atoms with E-state index in [1.54, 1.807) is 0 Å². The fraction of sp³-hybridized carbons (Fsp3) is 0.514. The molecule has 1 saturated carbocycles. The minimum atomic E-state index is 0.723.